The van der Waals surface area contributed by atoms with E-state index in [0.717, 1.165) is 19.6 Å². The number of benzene rings is 1. The van der Waals surface area contributed by atoms with E-state index in [0.29, 0.717) is 22.8 Å². The zero-order valence-corrected chi connectivity index (χ0v) is 13.2. The highest BCUT2D eigenvalue weighted by molar-refractivity contribution is 6.31. The molecule has 1 saturated heterocycles. The van der Waals surface area contributed by atoms with Crippen LogP contribution in [0.2, 0.25) is 5.02 Å². The van der Waals surface area contributed by atoms with Crippen LogP contribution in [0.4, 0.5) is 11.4 Å². The largest absolute Gasteiger partial charge is 0.397 e. The zero-order valence-electron chi connectivity index (χ0n) is 12.4. The van der Waals surface area contributed by atoms with Gasteiger partial charge < -0.3 is 16.0 Å². The predicted octanol–water partition coefficient (Wildman–Crippen LogP) is 3.52. The second-order valence-electron chi connectivity index (χ2n) is 5.64. The van der Waals surface area contributed by atoms with Crippen molar-refractivity contribution in [2.75, 3.05) is 30.7 Å². The fraction of sp³-hybridized carbons (Fsp3) is 0.562. The third-order valence-corrected chi connectivity index (χ3v) is 4.13. The highest BCUT2D eigenvalue weighted by Crippen LogP contribution is 2.22. The third-order valence-electron chi connectivity index (χ3n) is 3.89. The Morgan fingerprint density at radius 1 is 1.19 bits per heavy atom. The molecule has 0 aliphatic carbocycles. The summed E-state index contributed by atoms with van der Waals surface area (Å²) >= 11 is 5.85. The maximum atomic E-state index is 12.0. The quantitative estimate of drug-likeness (QED) is 0.837. The smallest absolute Gasteiger partial charge is 0.225 e. The van der Waals surface area contributed by atoms with Crippen molar-refractivity contribution in [2.24, 2.45) is 0 Å². The number of nitrogen functional groups attached to an aromatic ring is 1. The maximum absolute atomic E-state index is 12.0. The minimum atomic E-state index is 0.00563. The molecular formula is C16H24ClN3O. The molecule has 1 amide bonds. The lowest BCUT2D eigenvalue weighted by Gasteiger charge is -2.24. The van der Waals surface area contributed by atoms with E-state index < -0.39 is 0 Å². The van der Waals surface area contributed by atoms with Crippen molar-refractivity contribution in [1.82, 2.24) is 4.90 Å². The molecule has 1 aromatic carbocycles. The molecule has 0 atom stereocenters. The van der Waals surface area contributed by atoms with Crippen molar-refractivity contribution in [3.63, 3.8) is 0 Å². The molecule has 3 N–H and O–H groups in total. The third kappa shape index (κ3) is 5.56. The van der Waals surface area contributed by atoms with Crippen LogP contribution in [0.3, 0.4) is 0 Å². The number of hydrogen-bond donors (Lipinski definition) is 2. The molecule has 116 valence electrons. The van der Waals surface area contributed by atoms with Crippen molar-refractivity contribution in [2.45, 2.75) is 38.5 Å². The first-order valence-electron chi connectivity index (χ1n) is 7.72. The van der Waals surface area contributed by atoms with Crippen molar-refractivity contribution < 1.29 is 4.79 Å². The minimum Gasteiger partial charge on any atom is -0.397 e. The molecule has 1 fully saturated rings. The van der Waals surface area contributed by atoms with Crippen LogP contribution in [-0.2, 0) is 4.79 Å². The number of carbonyl (C=O) groups is 1. The molecule has 0 radical (unpaired) electrons. The number of nitrogens with one attached hydrogen (secondary N) is 1. The molecule has 1 aromatic rings. The lowest BCUT2D eigenvalue weighted by Crippen LogP contribution is -2.30. The highest BCUT2D eigenvalue weighted by Gasteiger charge is 2.11. The van der Waals surface area contributed by atoms with Gasteiger partial charge in [-0.15, -0.1) is 0 Å². The first-order chi connectivity index (χ1) is 10.1. The Morgan fingerprint density at radius 2 is 1.86 bits per heavy atom. The van der Waals surface area contributed by atoms with Gasteiger partial charge in [0.25, 0.3) is 0 Å². The summed E-state index contributed by atoms with van der Waals surface area (Å²) in [5.41, 5.74) is 6.98. The van der Waals surface area contributed by atoms with Gasteiger partial charge in [-0.05, 0) is 44.1 Å². The van der Waals surface area contributed by atoms with Crippen LogP contribution in [0.15, 0.2) is 18.2 Å². The molecule has 0 aromatic heterocycles. The van der Waals surface area contributed by atoms with E-state index in [1.165, 1.54) is 32.1 Å². The van der Waals surface area contributed by atoms with Crippen LogP contribution >= 0.6 is 11.6 Å². The number of halogens is 1. The van der Waals surface area contributed by atoms with Crippen LogP contribution in [0.25, 0.3) is 0 Å². The molecule has 0 bridgehead atoms. The summed E-state index contributed by atoms with van der Waals surface area (Å²) < 4.78 is 0. The summed E-state index contributed by atoms with van der Waals surface area (Å²) in [4.78, 5) is 14.4. The summed E-state index contributed by atoms with van der Waals surface area (Å²) in [5, 5.41) is 3.43. The van der Waals surface area contributed by atoms with Crippen LogP contribution < -0.4 is 11.1 Å². The Labute approximate surface area is 131 Å². The average molecular weight is 310 g/mol. The first kappa shape index (κ1) is 16.1. The topological polar surface area (TPSA) is 58.4 Å². The molecule has 21 heavy (non-hydrogen) atoms. The predicted molar refractivity (Wildman–Crippen MR) is 88.6 cm³/mol. The number of rotatable bonds is 4. The van der Waals surface area contributed by atoms with Gasteiger partial charge in [0.15, 0.2) is 0 Å². The number of nitrogens with zero attached hydrogens (tertiary/aromatic N) is 1. The van der Waals surface area contributed by atoms with E-state index >= 15 is 0 Å². The van der Waals surface area contributed by atoms with E-state index in [1.807, 2.05) is 0 Å². The van der Waals surface area contributed by atoms with Crippen LogP contribution in [-0.4, -0.2) is 30.4 Å². The normalized spacial score (nSPS) is 17.0. The molecular weight excluding hydrogens is 286 g/mol. The number of anilines is 2. The molecule has 5 heteroatoms. The monoisotopic (exact) mass is 309 g/mol. The minimum absolute atomic E-state index is 0.00563. The van der Waals surface area contributed by atoms with E-state index in [1.54, 1.807) is 18.2 Å². The molecule has 1 aliphatic heterocycles. The van der Waals surface area contributed by atoms with Gasteiger partial charge in [-0.3, -0.25) is 4.79 Å². The molecule has 4 nitrogen and oxygen atoms in total. The van der Waals surface area contributed by atoms with Gasteiger partial charge in [0.05, 0.1) is 11.4 Å². The fourth-order valence-electron chi connectivity index (χ4n) is 2.66. The van der Waals surface area contributed by atoms with Crippen LogP contribution in [0.5, 0.6) is 0 Å². The van der Waals surface area contributed by atoms with Crippen LogP contribution in [0, 0.1) is 0 Å². The van der Waals surface area contributed by atoms with E-state index in [-0.39, 0.29) is 5.91 Å². The van der Waals surface area contributed by atoms with Gasteiger partial charge in [0.2, 0.25) is 5.91 Å². The standard InChI is InChI=1S/C16H24ClN3O/c17-13-6-7-15(14(18)12-13)19-16(21)8-11-20-9-4-2-1-3-5-10-20/h6-7,12H,1-5,8-11,18H2,(H,19,21). The Morgan fingerprint density at radius 3 is 2.52 bits per heavy atom. The van der Waals surface area contributed by atoms with Crippen molar-refractivity contribution >= 4 is 28.9 Å². The highest BCUT2D eigenvalue weighted by atomic mass is 35.5. The van der Waals surface area contributed by atoms with E-state index in [9.17, 15) is 4.79 Å². The van der Waals surface area contributed by atoms with Gasteiger partial charge >= 0.3 is 0 Å². The second kappa shape index (κ2) is 8.25. The van der Waals surface area contributed by atoms with Gasteiger partial charge in [0, 0.05) is 18.0 Å². The van der Waals surface area contributed by atoms with Gasteiger partial charge in [-0.2, -0.15) is 0 Å². The Balaban J connectivity index is 1.78. The molecule has 1 aliphatic rings. The molecule has 2 rings (SSSR count). The summed E-state index contributed by atoms with van der Waals surface area (Å²) in [7, 11) is 0. The first-order valence-corrected chi connectivity index (χ1v) is 8.10. The SMILES string of the molecule is Nc1cc(Cl)ccc1NC(=O)CCN1CCCCCCC1. The number of hydrogen-bond acceptors (Lipinski definition) is 3. The zero-order chi connectivity index (χ0) is 15.1. The number of nitrogens with two attached hydrogens (primary N) is 1. The van der Waals surface area contributed by atoms with Crippen molar-refractivity contribution in [3.8, 4) is 0 Å². The Hall–Kier alpha value is -1.26. The van der Waals surface area contributed by atoms with Gasteiger partial charge in [-0.1, -0.05) is 30.9 Å². The maximum Gasteiger partial charge on any atom is 0.225 e. The summed E-state index contributed by atoms with van der Waals surface area (Å²) in [5.74, 6) is 0.00563. The number of amides is 1. The molecule has 0 spiro atoms. The molecule has 0 saturated carbocycles. The van der Waals surface area contributed by atoms with E-state index in [2.05, 4.69) is 10.2 Å². The number of likely N-dealkylation sites (tertiary alicyclic amines) is 1. The van der Waals surface area contributed by atoms with Gasteiger partial charge in [-0.25, -0.2) is 0 Å². The Kier molecular flexibility index (Phi) is 6.33. The molecule has 1 heterocycles. The Bertz CT molecular complexity index is 471. The summed E-state index contributed by atoms with van der Waals surface area (Å²) in [6.45, 7) is 3.03. The van der Waals surface area contributed by atoms with Gasteiger partial charge in [0.1, 0.15) is 0 Å². The van der Waals surface area contributed by atoms with E-state index in [4.69, 9.17) is 17.3 Å². The number of carbonyl (C=O) groups excluding carboxylic acids is 1. The summed E-state index contributed by atoms with van der Waals surface area (Å²) in [6, 6.07) is 5.12. The summed E-state index contributed by atoms with van der Waals surface area (Å²) in [6.07, 6.45) is 6.96. The van der Waals surface area contributed by atoms with Crippen LogP contribution in [0.1, 0.15) is 38.5 Å². The van der Waals surface area contributed by atoms with Crippen molar-refractivity contribution in [1.29, 1.82) is 0 Å². The lowest BCUT2D eigenvalue weighted by atomic mass is 10.1. The lowest BCUT2D eigenvalue weighted by molar-refractivity contribution is -0.116. The molecule has 0 unspecified atom stereocenters. The second-order valence-corrected chi connectivity index (χ2v) is 6.08. The fourth-order valence-corrected chi connectivity index (χ4v) is 2.84. The van der Waals surface area contributed by atoms with Crippen molar-refractivity contribution in [3.05, 3.63) is 23.2 Å². The average Bonchev–Trinajstić information content (AvgIpc) is 2.41.